The van der Waals surface area contributed by atoms with E-state index in [0.717, 1.165) is 5.56 Å². The van der Waals surface area contributed by atoms with Crippen LogP contribution in [-0.4, -0.2) is 0 Å². The van der Waals surface area contributed by atoms with E-state index in [0.29, 0.717) is 17.1 Å². The van der Waals surface area contributed by atoms with Gasteiger partial charge in [-0.3, -0.25) is 0 Å². The summed E-state index contributed by atoms with van der Waals surface area (Å²) in [4.78, 5) is 0. The standard InChI is InChI=1S/C14H14FNO/c1-10-5-7-11(8-6-10)17-14-4-2-3-13(15)12(14)9-16/h2-8H,9,16H2,1H3. The number of benzene rings is 2. The van der Waals surface area contributed by atoms with E-state index in [9.17, 15) is 4.39 Å². The van der Waals surface area contributed by atoms with Crippen molar-refractivity contribution < 1.29 is 9.13 Å². The smallest absolute Gasteiger partial charge is 0.134 e. The van der Waals surface area contributed by atoms with Crippen molar-refractivity contribution in [1.29, 1.82) is 0 Å². The van der Waals surface area contributed by atoms with Crippen molar-refractivity contribution in [1.82, 2.24) is 0 Å². The highest BCUT2D eigenvalue weighted by atomic mass is 19.1. The molecule has 0 aliphatic carbocycles. The van der Waals surface area contributed by atoms with E-state index in [4.69, 9.17) is 10.5 Å². The fourth-order valence-corrected chi connectivity index (χ4v) is 1.57. The summed E-state index contributed by atoms with van der Waals surface area (Å²) in [6.07, 6.45) is 0. The van der Waals surface area contributed by atoms with Crippen LogP contribution in [0.1, 0.15) is 11.1 Å². The Hall–Kier alpha value is -1.87. The molecule has 0 bridgehead atoms. The highest BCUT2D eigenvalue weighted by molar-refractivity contribution is 5.39. The molecule has 0 heterocycles. The first-order chi connectivity index (χ1) is 8.20. The molecule has 0 saturated carbocycles. The van der Waals surface area contributed by atoms with Gasteiger partial charge in [-0.05, 0) is 31.2 Å². The molecule has 2 aromatic carbocycles. The van der Waals surface area contributed by atoms with Gasteiger partial charge in [-0.1, -0.05) is 23.8 Å². The van der Waals surface area contributed by atoms with E-state index in [2.05, 4.69) is 0 Å². The fraction of sp³-hybridized carbons (Fsp3) is 0.143. The summed E-state index contributed by atoms with van der Waals surface area (Å²) in [6.45, 7) is 2.12. The van der Waals surface area contributed by atoms with Gasteiger partial charge in [0.1, 0.15) is 17.3 Å². The van der Waals surface area contributed by atoms with Gasteiger partial charge >= 0.3 is 0 Å². The minimum absolute atomic E-state index is 0.119. The molecular formula is C14H14FNO. The molecule has 0 unspecified atom stereocenters. The molecule has 0 aliphatic heterocycles. The third-order valence-corrected chi connectivity index (χ3v) is 2.53. The molecule has 0 amide bonds. The van der Waals surface area contributed by atoms with Crippen molar-refractivity contribution in [2.24, 2.45) is 5.73 Å². The van der Waals surface area contributed by atoms with Crippen LogP contribution < -0.4 is 10.5 Å². The number of aryl methyl sites for hydroxylation is 1. The Bertz CT molecular complexity index is 508. The molecule has 0 aromatic heterocycles. The van der Waals surface area contributed by atoms with Gasteiger partial charge in [-0.25, -0.2) is 4.39 Å². The zero-order valence-electron chi connectivity index (χ0n) is 9.61. The first-order valence-corrected chi connectivity index (χ1v) is 5.42. The topological polar surface area (TPSA) is 35.2 Å². The largest absolute Gasteiger partial charge is 0.457 e. The van der Waals surface area contributed by atoms with E-state index in [1.807, 2.05) is 31.2 Å². The van der Waals surface area contributed by atoms with E-state index in [1.54, 1.807) is 12.1 Å². The molecule has 2 aromatic rings. The predicted molar refractivity (Wildman–Crippen MR) is 65.5 cm³/mol. The Morgan fingerprint density at radius 3 is 2.47 bits per heavy atom. The van der Waals surface area contributed by atoms with E-state index >= 15 is 0 Å². The molecule has 2 N–H and O–H groups in total. The Morgan fingerprint density at radius 2 is 1.82 bits per heavy atom. The number of nitrogens with two attached hydrogens (primary N) is 1. The number of hydrogen-bond acceptors (Lipinski definition) is 2. The van der Waals surface area contributed by atoms with Crippen LogP contribution in [0, 0.1) is 12.7 Å². The van der Waals surface area contributed by atoms with E-state index in [1.165, 1.54) is 6.07 Å². The third-order valence-electron chi connectivity index (χ3n) is 2.53. The summed E-state index contributed by atoms with van der Waals surface area (Å²) in [6, 6.07) is 12.3. The zero-order valence-corrected chi connectivity index (χ0v) is 9.61. The highest BCUT2D eigenvalue weighted by Gasteiger charge is 2.08. The second-order valence-electron chi connectivity index (χ2n) is 3.84. The molecule has 17 heavy (non-hydrogen) atoms. The van der Waals surface area contributed by atoms with Crippen LogP contribution in [0.5, 0.6) is 11.5 Å². The predicted octanol–water partition coefficient (Wildman–Crippen LogP) is 3.39. The zero-order chi connectivity index (χ0) is 12.3. The maximum Gasteiger partial charge on any atom is 0.134 e. The molecule has 0 aliphatic rings. The average molecular weight is 231 g/mol. The van der Waals surface area contributed by atoms with E-state index in [-0.39, 0.29) is 12.4 Å². The second-order valence-corrected chi connectivity index (χ2v) is 3.84. The summed E-state index contributed by atoms with van der Waals surface area (Å²) >= 11 is 0. The summed E-state index contributed by atoms with van der Waals surface area (Å²) in [5.41, 5.74) is 7.05. The van der Waals surface area contributed by atoms with Gasteiger partial charge < -0.3 is 10.5 Å². The van der Waals surface area contributed by atoms with Crippen LogP contribution in [0.3, 0.4) is 0 Å². The maximum atomic E-state index is 13.5. The Balaban J connectivity index is 2.29. The summed E-state index contributed by atoms with van der Waals surface area (Å²) in [7, 11) is 0. The minimum Gasteiger partial charge on any atom is -0.457 e. The lowest BCUT2D eigenvalue weighted by Crippen LogP contribution is -2.02. The lowest BCUT2D eigenvalue weighted by Gasteiger charge is -2.10. The molecule has 2 rings (SSSR count). The maximum absolute atomic E-state index is 13.5. The normalized spacial score (nSPS) is 10.3. The van der Waals surface area contributed by atoms with E-state index < -0.39 is 0 Å². The quantitative estimate of drug-likeness (QED) is 0.878. The van der Waals surface area contributed by atoms with Gasteiger partial charge in [-0.15, -0.1) is 0 Å². The Kier molecular flexibility index (Phi) is 3.40. The molecule has 88 valence electrons. The van der Waals surface area contributed by atoms with Crippen molar-refractivity contribution in [2.45, 2.75) is 13.5 Å². The number of ether oxygens (including phenoxy) is 1. The summed E-state index contributed by atoms with van der Waals surface area (Å²) in [5.74, 6) is 0.810. The van der Waals surface area contributed by atoms with Crippen molar-refractivity contribution in [3.05, 3.63) is 59.4 Å². The van der Waals surface area contributed by atoms with Gasteiger partial charge in [0, 0.05) is 12.1 Å². The van der Waals surface area contributed by atoms with Crippen LogP contribution in [0.2, 0.25) is 0 Å². The van der Waals surface area contributed by atoms with Gasteiger partial charge in [0.15, 0.2) is 0 Å². The first kappa shape index (κ1) is 11.6. The van der Waals surface area contributed by atoms with Gasteiger partial charge in [-0.2, -0.15) is 0 Å². The molecular weight excluding hydrogens is 217 g/mol. The monoisotopic (exact) mass is 231 g/mol. The molecule has 2 nitrogen and oxygen atoms in total. The van der Waals surface area contributed by atoms with Gasteiger partial charge in [0.25, 0.3) is 0 Å². The lowest BCUT2D eigenvalue weighted by molar-refractivity contribution is 0.467. The number of halogens is 1. The Morgan fingerprint density at radius 1 is 1.12 bits per heavy atom. The van der Waals surface area contributed by atoms with Gasteiger partial charge in [0.05, 0.1) is 0 Å². The molecule has 0 atom stereocenters. The van der Waals surface area contributed by atoms with Crippen LogP contribution in [0.25, 0.3) is 0 Å². The van der Waals surface area contributed by atoms with Crippen LogP contribution in [0.4, 0.5) is 4.39 Å². The van der Waals surface area contributed by atoms with Gasteiger partial charge in [0.2, 0.25) is 0 Å². The number of hydrogen-bond donors (Lipinski definition) is 1. The van der Waals surface area contributed by atoms with Crippen molar-refractivity contribution in [3.8, 4) is 11.5 Å². The molecule has 3 heteroatoms. The third kappa shape index (κ3) is 2.63. The van der Waals surface area contributed by atoms with Crippen molar-refractivity contribution in [3.63, 3.8) is 0 Å². The van der Waals surface area contributed by atoms with Crippen molar-refractivity contribution >= 4 is 0 Å². The lowest BCUT2D eigenvalue weighted by atomic mass is 10.2. The first-order valence-electron chi connectivity index (χ1n) is 5.42. The average Bonchev–Trinajstić information content (AvgIpc) is 2.32. The van der Waals surface area contributed by atoms with Crippen molar-refractivity contribution in [2.75, 3.05) is 0 Å². The highest BCUT2D eigenvalue weighted by Crippen LogP contribution is 2.26. The molecule has 0 spiro atoms. The fourth-order valence-electron chi connectivity index (χ4n) is 1.57. The van der Waals surface area contributed by atoms with Crippen LogP contribution >= 0.6 is 0 Å². The molecule has 0 fully saturated rings. The Labute approximate surface area is 99.8 Å². The van der Waals surface area contributed by atoms with Crippen LogP contribution in [-0.2, 0) is 6.54 Å². The summed E-state index contributed by atoms with van der Waals surface area (Å²) in [5, 5.41) is 0. The molecule has 0 radical (unpaired) electrons. The SMILES string of the molecule is Cc1ccc(Oc2cccc(F)c2CN)cc1. The summed E-state index contributed by atoms with van der Waals surface area (Å²) < 4.78 is 19.1. The van der Waals surface area contributed by atoms with Crippen LogP contribution in [0.15, 0.2) is 42.5 Å². The molecule has 0 saturated heterocycles. The minimum atomic E-state index is -0.336. The second kappa shape index (κ2) is 4.97. The number of rotatable bonds is 3.